The number of unbranched alkanes of at least 4 members (excludes halogenated alkanes) is 6. The van der Waals surface area contributed by atoms with Crippen molar-refractivity contribution in [3.63, 3.8) is 0 Å². The number of carboxylic acids is 3. The van der Waals surface area contributed by atoms with Crippen molar-refractivity contribution in [1.29, 1.82) is 0 Å². The number of hydrogen-bond acceptors (Lipinski definition) is 3. The number of nitrogens with zero attached hydrogens (tertiary/aromatic N) is 1. The Morgan fingerprint density at radius 2 is 1.07 bits per heavy atom. The lowest BCUT2D eigenvalue weighted by molar-refractivity contribution is -0.927. The van der Waals surface area contributed by atoms with Crippen molar-refractivity contribution in [3.8, 4) is 0 Å². The van der Waals surface area contributed by atoms with Gasteiger partial charge in [-0.15, -0.1) is 0 Å². The highest BCUT2D eigenvalue weighted by molar-refractivity contribution is 5.67. The molecule has 0 aliphatic carbocycles. The first kappa shape index (κ1) is 26.1. The quantitative estimate of drug-likeness (QED) is 0.172. The van der Waals surface area contributed by atoms with E-state index in [4.69, 9.17) is 15.3 Å². The van der Waals surface area contributed by atoms with Crippen LogP contribution in [-0.4, -0.2) is 63.9 Å². The molecule has 162 valence electrons. The third kappa shape index (κ3) is 15.2. The number of allylic oxidation sites excluding steroid dienone is 2. The van der Waals surface area contributed by atoms with Crippen LogP contribution in [0.2, 0.25) is 0 Å². The largest absolute Gasteiger partial charge is 0.481 e. The second-order valence-electron chi connectivity index (χ2n) is 7.46. The minimum Gasteiger partial charge on any atom is -0.481 e. The molecule has 0 unspecified atom stereocenters. The van der Waals surface area contributed by atoms with Crippen molar-refractivity contribution < 1.29 is 34.2 Å². The molecule has 7 heteroatoms. The van der Waals surface area contributed by atoms with E-state index in [1.54, 1.807) is 0 Å². The summed E-state index contributed by atoms with van der Waals surface area (Å²) in [4.78, 5) is 33.1. The highest BCUT2D eigenvalue weighted by Crippen LogP contribution is 2.16. The van der Waals surface area contributed by atoms with Gasteiger partial charge in [0, 0.05) is 0 Å². The van der Waals surface area contributed by atoms with E-state index in [0.717, 1.165) is 38.5 Å². The van der Waals surface area contributed by atoms with Crippen LogP contribution in [-0.2, 0) is 14.4 Å². The van der Waals surface area contributed by atoms with E-state index in [1.807, 2.05) is 0 Å². The first-order valence-electron chi connectivity index (χ1n) is 10.5. The van der Waals surface area contributed by atoms with Gasteiger partial charge in [-0.05, 0) is 32.1 Å². The topological polar surface area (TPSA) is 112 Å². The van der Waals surface area contributed by atoms with E-state index < -0.39 is 17.9 Å². The molecule has 0 saturated heterocycles. The zero-order valence-corrected chi connectivity index (χ0v) is 17.3. The molecule has 0 radical (unpaired) electrons. The highest BCUT2D eigenvalue weighted by atomic mass is 16.4. The van der Waals surface area contributed by atoms with Gasteiger partial charge in [0.2, 0.25) is 0 Å². The molecule has 0 fully saturated rings. The molecule has 0 atom stereocenters. The lowest BCUT2D eigenvalue weighted by Gasteiger charge is -2.38. The molecule has 0 spiro atoms. The van der Waals surface area contributed by atoms with Crippen LogP contribution in [0.15, 0.2) is 12.2 Å². The third-order valence-electron chi connectivity index (χ3n) is 5.06. The van der Waals surface area contributed by atoms with Crippen LogP contribution in [0, 0.1) is 0 Å². The van der Waals surface area contributed by atoms with Crippen molar-refractivity contribution in [1.82, 2.24) is 0 Å². The standard InChI is InChI=1S/C21H37NO6/c1-2-3-4-5-6-7-8-9-10-11-15-22(16-12-19(23)24,17-13-20(25)26)18-14-21(27)28/h3-4H,2,5-18H2,1H3,(H2-,23,24,25,26,27,28)/p+1/b4-3+. The molecule has 0 aromatic heterocycles. The average molecular weight is 401 g/mol. The summed E-state index contributed by atoms with van der Waals surface area (Å²) in [6.07, 6.45) is 12.8. The zero-order chi connectivity index (χ0) is 21.3. The normalized spacial score (nSPS) is 11.8. The lowest BCUT2D eigenvalue weighted by Crippen LogP contribution is -2.52. The number of quaternary nitrogens is 1. The number of carbonyl (C=O) groups is 3. The van der Waals surface area contributed by atoms with Crippen LogP contribution in [0.5, 0.6) is 0 Å². The van der Waals surface area contributed by atoms with Gasteiger partial charge in [-0.2, -0.15) is 0 Å². The van der Waals surface area contributed by atoms with Gasteiger partial charge in [0.25, 0.3) is 0 Å². The van der Waals surface area contributed by atoms with E-state index in [1.165, 1.54) is 12.8 Å². The van der Waals surface area contributed by atoms with Gasteiger partial charge in [0.15, 0.2) is 0 Å². The zero-order valence-electron chi connectivity index (χ0n) is 17.3. The summed E-state index contributed by atoms with van der Waals surface area (Å²) in [6, 6.07) is 0. The Kier molecular flexibility index (Phi) is 15.0. The summed E-state index contributed by atoms with van der Waals surface area (Å²) in [5.74, 6) is -2.82. The minimum atomic E-state index is -0.940. The summed E-state index contributed by atoms with van der Waals surface area (Å²) in [5.41, 5.74) is 0. The van der Waals surface area contributed by atoms with Crippen molar-refractivity contribution in [2.45, 2.75) is 77.6 Å². The molecule has 0 aromatic carbocycles. The number of carboxylic acid groups (broad SMARTS) is 3. The highest BCUT2D eigenvalue weighted by Gasteiger charge is 2.29. The molecule has 0 aliphatic rings. The predicted molar refractivity (Wildman–Crippen MR) is 108 cm³/mol. The lowest BCUT2D eigenvalue weighted by atomic mass is 10.1. The molecular formula is C21H38NO6+. The molecule has 0 saturated carbocycles. The Morgan fingerprint density at radius 1 is 0.643 bits per heavy atom. The summed E-state index contributed by atoms with van der Waals surface area (Å²) >= 11 is 0. The van der Waals surface area contributed by atoms with Crippen molar-refractivity contribution >= 4 is 17.9 Å². The maximum atomic E-state index is 11.0. The number of aliphatic carboxylic acids is 3. The molecule has 0 aromatic rings. The van der Waals surface area contributed by atoms with Crippen LogP contribution in [0.1, 0.15) is 77.6 Å². The molecule has 0 heterocycles. The monoisotopic (exact) mass is 400 g/mol. The molecule has 3 N–H and O–H groups in total. The van der Waals surface area contributed by atoms with Gasteiger partial charge in [-0.25, -0.2) is 0 Å². The second-order valence-corrected chi connectivity index (χ2v) is 7.46. The summed E-state index contributed by atoms with van der Waals surface area (Å²) in [7, 11) is 0. The second kappa shape index (κ2) is 16.1. The van der Waals surface area contributed by atoms with Crippen LogP contribution in [0.3, 0.4) is 0 Å². The molecule has 7 nitrogen and oxygen atoms in total. The molecule has 0 bridgehead atoms. The maximum Gasteiger partial charge on any atom is 0.309 e. The van der Waals surface area contributed by atoms with E-state index in [-0.39, 0.29) is 43.4 Å². The minimum absolute atomic E-state index is 0.0789. The van der Waals surface area contributed by atoms with Crippen molar-refractivity contribution in [2.75, 3.05) is 26.2 Å². The SMILES string of the molecule is CC/C=C/CCCCCCCC[N+](CCC(=O)O)(CCC(=O)O)CCC(=O)O. The Morgan fingerprint density at radius 3 is 1.50 bits per heavy atom. The molecule has 0 aliphatic heterocycles. The van der Waals surface area contributed by atoms with Crippen LogP contribution < -0.4 is 0 Å². The van der Waals surface area contributed by atoms with E-state index in [9.17, 15) is 14.4 Å². The molecule has 28 heavy (non-hydrogen) atoms. The molecule has 0 amide bonds. The van der Waals surface area contributed by atoms with Gasteiger partial charge in [0.05, 0.1) is 45.4 Å². The average Bonchev–Trinajstić information content (AvgIpc) is 2.63. The Bertz CT molecular complexity index is 444. The van der Waals surface area contributed by atoms with Crippen LogP contribution >= 0.6 is 0 Å². The van der Waals surface area contributed by atoms with Crippen molar-refractivity contribution in [2.24, 2.45) is 0 Å². The summed E-state index contributed by atoms with van der Waals surface area (Å²) in [6.45, 7) is 3.59. The van der Waals surface area contributed by atoms with Crippen molar-refractivity contribution in [3.05, 3.63) is 12.2 Å². The van der Waals surface area contributed by atoms with Gasteiger partial charge in [-0.3, -0.25) is 14.4 Å². The van der Waals surface area contributed by atoms with Gasteiger partial charge in [0.1, 0.15) is 0 Å². The first-order valence-corrected chi connectivity index (χ1v) is 10.5. The van der Waals surface area contributed by atoms with E-state index in [2.05, 4.69) is 19.1 Å². The summed E-state index contributed by atoms with van der Waals surface area (Å²) in [5, 5.41) is 27.1. The Hall–Kier alpha value is -1.89. The number of hydrogen-bond donors (Lipinski definition) is 3. The van der Waals surface area contributed by atoms with Gasteiger partial charge in [-0.1, -0.05) is 38.3 Å². The Labute approximate surface area is 168 Å². The fourth-order valence-corrected chi connectivity index (χ4v) is 3.37. The fraction of sp³-hybridized carbons (Fsp3) is 0.762. The smallest absolute Gasteiger partial charge is 0.309 e. The predicted octanol–water partition coefficient (Wildman–Crippen LogP) is 3.92. The Balaban J connectivity index is 4.49. The van der Waals surface area contributed by atoms with Crippen LogP contribution in [0.4, 0.5) is 0 Å². The number of rotatable bonds is 19. The van der Waals surface area contributed by atoms with E-state index in [0.29, 0.717) is 6.54 Å². The van der Waals surface area contributed by atoms with E-state index >= 15 is 0 Å². The van der Waals surface area contributed by atoms with Gasteiger partial charge >= 0.3 is 17.9 Å². The van der Waals surface area contributed by atoms with Crippen LogP contribution in [0.25, 0.3) is 0 Å². The molecular weight excluding hydrogens is 362 g/mol. The van der Waals surface area contributed by atoms with Gasteiger partial charge < -0.3 is 19.8 Å². The maximum absolute atomic E-state index is 11.0. The molecule has 0 rings (SSSR count). The fourth-order valence-electron chi connectivity index (χ4n) is 3.37. The summed E-state index contributed by atoms with van der Waals surface area (Å²) < 4.78 is 0.257. The first-order chi connectivity index (χ1) is 13.3. The third-order valence-corrected chi connectivity index (χ3v) is 5.06.